The molecule has 0 radical (unpaired) electrons. The number of nitrogens with one attached hydrogen (secondary N) is 1. The molecule has 0 aliphatic carbocycles. The zero-order valence-corrected chi connectivity index (χ0v) is 10.7. The first-order valence-corrected chi connectivity index (χ1v) is 6.73. The van der Waals surface area contributed by atoms with Crippen molar-refractivity contribution in [3.8, 4) is 0 Å². The van der Waals surface area contributed by atoms with Gasteiger partial charge in [-0.25, -0.2) is 4.79 Å². The molecule has 6 heteroatoms. The van der Waals surface area contributed by atoms with Crippen LogP contribution < -0.4 is 5.32 Å². The zero-order valence-electron chi connectivity index (χ0n) is 9.91. The molecule has 2 N–H and O–H groups in total. The van der Waals surface area contributed by atoms with Crippen molar-refractivity contribution < 1.29 is 18.8 Å². The van der Waals surface area contributed by atoms with Crippen LogP contribution in [0, 0.1) is 0 Å². The summed E-state index contributed by atoms with van der Waals surface area (Å²) in [6.07, 6.45) is -0.103. The fourth-order valence-corrected chi connectivity index (χ4v) is 3.04. The van der Waals surface area contributed by atoms with E-state index in [0.29, 0.717) is 12.2 Å². The maximum atomic E-state index is 11.3. The first-order chi connectivity index (χ1) is 7.20. The minimum Gasteiger partial charge on any atom is -0.444 e. The number of rotatable bonds is 2. The second kappa shape index (κ2) is 4.71. The van der Waals surface area contributed by atoms with Crippen molar-refractivity contribution in [1.29, 1.82) is 0 Å². The molecule has 0 bridgehead atoms. The van der Waals surface area contributed by atoms with Crippen molar-refractivity contribution in [2.24, 2.45) is 0 Å². The lowest BCUT2D eigenvalue weighted by Crippen LogP contribution is -2.45. The SMILES string of the molecule is CC(C)(C)OC(=O)NC[C@]1(O)CC[S@](=O)C1. The Morgan fingerprint density at radius 1 is 1.56 bits per heavy atom. The molecule has 0 aromatic heterocycles. The molecule has 1 fully saturated rings. The van der Waals surface area contributed by atoms with E-state index < -0.39 is 28.1 Å². The third kappa shape index (κ3) is 4.49. The van der Waals surface area contributed by atoms with Crippen LogP contribution in [0.4, 0.5) is 4.79 Å². The van der Waals surface area contributed by atoms with Crippen LogP contribution in [0.3, 0.4) is 0 Å². The smallest absolute Gasteiger partial charge is 0.407 e. The van der Waals surface area contributed by atoms with E-state index in [9.17, 15) is 14.1 Å². The van der Waals surface area contributed by atoms with Crippen molar-refractivity contribution in [1.82, 2.24) is 5.32 Å². The predicted molar refractivity (Wildman–Crippen MR) is 61.7 cm³/mol. The van der Waals surface area contributed by atoms with E-state index >= 15 is 0 Å². The van der Waals surface area contributed by atoms with Gasteiger partial charge in [-0.05, 0) is 27.2 Å². The largest absolute Gasteiger partial charge is 0.444 e. The predicted octanol–water partition coefficient (Wildman–Crippen LogP) is 0.395. The van der Waals surface area contributed by atoms with Gasteiger partial charge in [-0.2, -0.15) is 0 Å². The normalized spacial score (nSPS) is 30.1. The van der Waals surface area contributed by atoms with Gasteiger partial charge in [0.2, 0.25) is 0 Å². The molecule has 5 nitrogen and oxygen atoms in total. The quantitative estimate of drug-likeness (QED) is 0.742. The second-order valence-corrected chi connectivity index (χ2v) is 6.69. The molecule has 0 unspecified atom stereocenters. The summed E-state index contributed by atoms with van der Waals surface area (Å²) in [5, 5.41) is 12.4. The molecule has 16 heavy (non-hydrogen) atoms. The fourth-order valence-electron chi connectivity index (χ4n) is 1.44. The van der Waals surface area contributed by atoms with Crippen molar-refractivity contribution in [3.05, 3.63) is 0 Å². The van der Waals surface area contributed by atoms with E-state index in [1.807, 2.05) is 0 Å². The third-order valence-corrected chi connectivity index (χ3v) is 3.70. The van der Waals surface area contributed by atoms with E-state index in [-0.39, 0.29) is 12.3 Å². The lowest BCUT2D eigenvalue weighted by atomic mass is 10.0. The molecule has 1 aliphatic rings. The van der Waals surface area contributed by atoms with Gasteiger partial charge in [-0.1, -0.05) is 0 Å². The Bertz CT molecular complexity index is 300. The summed E-state index contributed by atoms with van der Waals surface area (Å²) in [7, 11) is -0.968. The standard InChI is InChI=1S/C10H19NO4S/c1-9(2,3)15-8(12)11-6-10(13)4-5-16(14)7-10/h13H,4-7H2,1-3H3,(H,11,12)/t10-,16+/m1/s1. The monoisotopic (exact) mass is 249 g/mol. The maximum Gasteiger partial charge on any atom is 0.407 e. The van der Waals surface area contributed by atoms with Crippen LogP contribution in [0.5, 0.6) is 0 Å². The van der Waals surface area contributed by atoms with E-state index in [1.54, 1.807) is 20.8 Å². The molecule has 0 aromatic rings. The van der Waals surface area contributed by atoms with Crippen molar-refractivity contribution in [2.45, 2.75) is 38.4 Å². The number of alkyl carbamates (subject to hydrolysis) is 1. The van der Waals surface area contributed by atoms with Gasteiger partial charge in [0.25, 0.3) is 0 Å². The molecular formula is C10H19NO4S. The van der Waals surface area contributed by atoms with Crippen LogP contribution in [0.25, 0.3) is 0 Å². The molecule has 0 saturated carbocycles. The highest BCUT2D eigenvalue weighted by Crippen LogP contribution is 2.19. The molecule has 94 valence electrons. The highest BCUT2D eigenvalue weighted by Gasteiger charge is 2.36. The summed E-state index contributed by atoms with van der Waals surface area (Å²) in [6, 6.07) is 0. The number of aliphatic hydroxyl groups is 1. The van der Waals surface area contributed by atoms with Gasteiger partial charge in [0, 0.05) is 16.6 Å². The molecule has 2 atom stereocenters. The number of amides is 1. The highest BCUT2D eigenvalue weighted by molar-refractivity contribution is 7.85. The zero-order chi connectivity index (χ0) is 12.4. The average Bonchev–Trinajstić information content (AvgIpc) is 2.41. The second-order valence-electron chi connectivity index (χ2n) is 5.12. The van der Waals surface area contributed by atoms with E-state index in [4.69, 9.17) is 4.74 Å². The minimum absolute atomic E-state index is 0.0909. The van der Waals surface area contributed by atoms with Gasteiger partial charge < -0.3 is 15.2 Å². The first kappa shape index (κ1) is 13.4. The number of hydrogen-bond donors (Lipinski definition) is 2. The van der Waals surface area contributed by atoms with Crippen molar-refractivity contribution >= 4 is 16.9 Å². The molecule has 1 saturated heterocycles. The summed E-state index contributed by atoms with van der Waals surface area (Å²) < 4.78 is 16.2. The lowest BCUT2D eigenvalue weighted by Gasteiger charge is -2.24. The Labute approximate surface area is 98.0 Å². The Hall–Kier alpha value is -0.620. The Balaban J connectivity index is 2.35. The molecule has 1 heterocycles. The number of carbonyl (C=O) groups excluding carboxylic acids is 1. The van der Waals surface area contributed by atoms with E-state index in [1.165, 1.54) is 0 Å². The molecule has 0 spiro atoms. The molecule has 1 amide bonds. The number of ether oxygens (including phenoxy) is 1. The Morgan fingerprint density at radius 3 is 2.62 bits per heavy atom. The molecule has 0 aromatic carbocycles. The van der Waals surface area contributed by atoms with Gasteiger partial charge in [-0.3, -0.25) is 4.21 Å². The summed E-state index contributed by atoms with van der Waals surface area (Å²) in [5.41, 5.74) is -1.59. The Kier molecular flexibility index (Phi) is 3.96. The van der Waals surface area contributed by atoms with Crippen LogP contribution in [-0.4, -0.2) is 44.7 Å². The number of carbonyl (C=O) groups is 1. The molecule has 1 aliphatic heterocycles. The van der Waals surface area contributed by atoms with Crippen molar-refractivity contribution in [2.75, 3.05) is 18.1 Å². The van der Waals surface area contributed by atoms with Crippen LogP contribution in [-0.2, 0) is 15.5 Å². The van der Waals surface area contributed by atoms with Gasteiger partial charge in [0.1, 0.15) is 5.60 Å². The van der Waals surface area contributed by atoms with Gasteiger partial charge in [0.05, 0.1) is 17.9 Å². The highest BCUT2D eigenvalue weighted by atomic mass is 32.2. The summed E-state index contributed by atoms with van der Waals surface area (Å²) in [4.78, 5) is 11.3. The maximum absolute atomic E-state index is 11.3. The van der Waals surface area contributed by atoms with Gasteiger partial charge >= 0.3 is 6.09 Å². The fraction of sp³-hybridized carbons (Fsp3) is 0.900. The molecule has 1 rings (SSSR count). The van der Waals surface area contributed by atoms with Crippen LogP contribution in [0.15, 0.2) is 0 Å². The van der Waals surface area contributed by atoms with E-state index in [2.05, 4.69) is 5.32 Å². The van der Waals surface area contributed by atoms with Crippen LogP contribution in [0.1, 0.15) is 27.2 Å². The minimum atomic E-state index is -1.04. The summed E-state index contributed by atoms with van der Waals surface area (Å²) in [5.74, 6) is 0.718. The molecular weight excluding hydrogens is 230 g/mol. The topological polar surface area (TPSA) is 75.6 Å². The lowest BCUT2D eigenvalue weighted by molar-refractivity contribution is 0.0360. The third-order valence-electron chi connectivity index (χ3n) is 2.19. The summed E-state index contributed by atoms with van der Waals surface area (Å²) >= 11 is 0. The summed E-state index contributed by atoms with van der Waals surface area (Å²) in [6.45, 7) is 5.40. The van der Waals surface area contributed by atoms with Gasteiger partial charge in [-0.15, -0.1) is 0 Å². The van der Waals surface area contributed by atoms with E-state index in [0.717, 1.165) is 0 Å². The Morgan fingerprint density at radius 2 is 2.19 bits per heavy atom. The first-order valence-electron chi connectivity index (χ1n) is 5.24. The van der Waals surface area contributed by atoms with Crippen LogP contribution in [0.2, 0.25) is 0 Å². The van der Waals surface area contributed by atoms with Crippen LogP contribution >= 0.6 is 0 Å². The van der Waals surface area contributed by atoms with Crippen molar-refractivity contribution in [3.63, 3.8) is 0 Å². The average molecular weight is 249 g/mol. The van der Waals surface area contributed by atoms with Gasteiger partial charge in [0.15, 0.2) is 0 Å². The number of hydrogen-bond acceptors (Lipinski definition) is 4.